The Balaban J connectivity index is 2.79. The first-order valence-electron chi connectivity index (χ1n) is 8.17. The molecule has 1 N–H and O–H groups in total. The monoisotopic (exact) mass is 347 g/mol. The van der Waals surface area contributed by atoms with Crippen LogP contribution < -0.4 is 4.72 Å². The van der Waals surface area contributed by atoms with Gasteiger partial charge in [-0.2, -0.15) is 0 Å². The lowest BCUT2D eigenvalue weighted by atomic mass is 10.1. The number of ether oxygens (including phenoxy) is 1. The van der Waals surface area contributed by atoms with Gasteiger partial charge in [0.15, 0.2) is 8.32 Å². The Morgan fingerprint density at radius 3 is 2.50 bits per heavy atom. The summed E-state index contributed by atoms with van der Waals surface area (Å²) in [5.41, 5.74) is 0. The highest BCUT2D eigenvalue weighted by Gasteiger charge is 2.38. The topological polar surface area (TPSA) is 53.5 Å². The molecular weight excluding hydrogens is 314 g/mol. The molecule has 0 spiro atoms. The molecule has 0 saturated heterocycles. The van der Waals surface area contributed by atoms with Crippen LogP contribution in [0.25, 0.3) is 0 Å². The molecule has 0 fully saturated rings. The van der Waals surface area contributed by atoms with Gasteiger partial charge in [0.25, 0.3) is 0 Å². The van der Waals surface area contributed by atoms with Crippen LogP contribution >= 0.6 is 0 Å². The lowest BCUT2D eigenvalue weighted by Crippen LogP contribution is -2.53. The van der Waals surface area contributed by atoms with E-state index in [-0.39, 0.29) is 23.0 Å². The predicted molar refractivity (Wildman–Crippen MR) is 96.6 cm³/mol. The van der Waals surface area contributed by atoms with E-state index in [1.165, 1.54) is 0 Å². The number of hydrogen-bond donors (Lipinski definition) is 1. The zero-order valence-electron chi connectivity index (χ0n) is 15.1. The second-order valence-corrected chi connectivity index (χ2v) is 14.0. The molecular formula is C16H33NO3SSi. The molecule has 0 aromatic carbocycles. The smallest absolute Gasteiger partial charge is 0.188 e. The molecule has 1 rings (SSSR count). The summed E-state index contributed by atoms with van der Waals surface area (Å²) in [4.78, 5) is 0. The summed E-state index contributed by atoms with van der Waals surface area (Å²) < 4.78 is 27.5. The fourth-order valence-electron chi connectivity index (χ4n) is 2.63. The Labute approximate surface area is 140 Å². The van der Waals surface area contributed by atoms with Crippen LogP contribution in [0.1, 0.15) is 47.5 Å². The van der Waals surface area contributed by atoms with Gasteiger partial charge in [0.05, 0.1) is 12.3 Å². The minimum absolute atomic E-state index is 0.0606. The van der Waals surface area contributed by atoms with E-state index in [2.05, 4.69) is 31.7 Å². The molecule has 1 heterocycles. The van der Waals surface area contributed by atoms with E-state index in [1.807, 2.05) is 26.8 Å². The Hall–Kier alpha value is -0.0131. The zero-order chi connectivity index (χ0) is 17.0. The fraction of sp³-hybridized carbons (Fsp3) is 0.875. The van der Waals surface area contributed by atoms with E-state index >= 15 is 0 Å². The van der Waals surface area contributed by atoms with Gasteiger partial charge in [0.2, 0.25) is 0 Å². The van der Waals surface area contributed by atoms with Crippen molar-refractivity contribution < 1.29 is 13.7 Å². The van der Waals surface area contributed by atoms with Gasteiger partial charge in [0, 0.05) is 17.5 Å². The quantitative estimate of drug-likeness (QED) is 0.563. The lowest BCUT2D eigenvalue weighted by Gasteiger charge is -2.36. The number of hydrogen-bond acceptors (Lipinski definition) is 4. The molecule has 130 valence electrons. The van der Waals surface area contributed by atoms with Crippen molar-refractivity contribution in [2.24, 2.45) is 0 Å². The second-order valence-electron chi connectivity index (χ2n) is 7.86. The first kappa shape index (κ1) is 20.0. The van der Waals surface area contributed by atoms with Gasteiger partial charge in [-0.25, -0.2) is 0 Å². The zero-order valence-corrected chi connectivity index (χ0v) is 17.0. The summed E-state index contributed by atoms with van der Waals surface area (Å²) in [6.45, 7) is 14.6. The summed E-state index contributed by atoms with van der Waals surface area (Å²) in [6.07, 6.45) is 6.09. The lowest BCUT2D eigenvalue weighted by molar-refractivity contribution is 0.0961. The van der Waals surface area contributed by atoms with Crippen molar-refractivity contribution in [2.75, 3.05) is 0 Å². The van der Waals surface area contributed by atoms with Crippen molar-refractivity contribution in [3.63, 3.8) is 0 Å². The maximum atomic E-state index is 12.5. The van der Waals surface area contributed by atoms with E-state index in [4.69, 9.17) is 9.16 Å². The molecule has 0 aliphatic carbocycles. The Morgan fingerprint density at radius 1 is 1.41 bits per heavy atom. The van der Waals surface area contributed by atoms with Gasteiger partial charge >= 0.3 is 0 Å². The minimum Gasteiger partial charge on any atom is -0.598 e. The molecule has 1 aliphatic heterocycles. The normalized spacial score (nSPS) is 22.5. The first-order valence-corrected chi connectivity index (χ1v) is 12.4. The molecule has 0 amide bonds. The highest BCUT2D eigenvalue weighted by molar-refractivity contribution is 7.90. The van der Waals surface area contributed by atoms with Gasteiger partial charge < -0.3 is 13.7 Å². The van der Waals surface area contributed by atoms with Crippen molar-refractivity contribution in [1.29, 1.82) is 0 Å². The molecule has 0 unspecified atom stereocenters. The van der Waals surface area contributed by atoms with Gasteiger partial charge in [0.1, 0.15) is 10.9 Å². The Kier molecular flexibility index (Phi) is 7.46. The Morgan fingerprint density at radius 2 is 2.05 bits per heavy atom. The van der Waals surface area contributed by atoms with Crippen molar-refractivity contribution in [1.82, 2.24) is 4.72 Å². The maximum absolute atomic E-state index is 12.5. The van der Waals surface area contributed by atoms with Crippen molar-refractivity contribution in [2.45, 2.75) is 89.6 Å². The van der Waals surface area contributed by atoms with Crippen LogP contribution in [0.4, 0.5) is 0 Å². The van der Waals surface area contributed by atoms with Crippen LogP contribution in [-0.2, 0) is 20.5 Å². The van der Waals surface area contributed by atoms with E-state index in [0.29, 0.717) is 0 Å². The van der Waals surface area contributed by atoms with Crippen LogP contribution in [-0.4, -0.2) is 35.9 Å². The molecule has 0 saturated carbocycles. The molecule has 0 radical (unpaired) electrons. The minimum atomic E-state index is -1.84. The molecule has 3 atom stereocenters. The third kappa shape index (κ3) is 7.04. The predicted octanol–water partition coefficient (Wildman–Crippen LogP) is 3.73. The summed E-state index contributed by atoms with van der Waals surface area (Å²) in [5.74, 6) is 0. The molecule has 22 heavy (non-hydrogen) atoms. The van der Waals surface area contributed by atoms with Crippen LogP contribution in [0.5, 0.6) is 0 Å². The third-order valence-corrected chi connectivity index (χ3v) is 7.66. The molecule has 0 aromatic rings. The molecule has 6 heteroatoms. The standard InChI is InChI=1S/C16H33NO3SSi/c1-13(2)20-22(6,7)12-14(15-10-8-9-11-19-15)17-21(18)16(3,4)5/h9,11,13-15,17H,8,10,12H2,1-7H3/t14-,15-,21-/m0/s1. The van der Waals surface area contributed by atoms with Crippen LogP contribution in [0.15, 0.2) is 12.3 Å². The summed E-state index contributed by atoms with van der Waals surface area (Å²) in [6, 6.07) is 0.955. The largest absolute Gasteiger partial charge is 0.598 e. The summed E-state index contributed by atoms with van der Waals surface area (Å²) in [7, 11) is -1.84. The van der Waals surface area contributed by atoms with E-state index in [0.717, 1.165) is 18.9 Å². The molecule has 1 aliphatic rings. The van der Waals surface area contributed by atoms with Crippen LogP contribution in [0.3, 0.4) is 0 Å². The highest BCUT2D eigenvalue weighted by Crippen LogP contribution is 2.25. The Bertz CT molecular complexity index is 369. The van der Waals surface area contributed by atoms with Gasteiger partial charge in [-0.1, -0.05) is 0 Å². The molecule has 4 nitrogen and oxygen atoms in total. The van der Waals surface area contributed by atoms with Crippen LogP contribution in [0.2, 0.25) is 19.1 Å². The van der Waals surface area contributed by atoms with Gasteiger partial charge in [-0.3, -0.25) is 0 Å². The third-order valence-electron chi connectivity index (χ3n) is 3.50. The molecule has 0 bridgehead atoms. The summed E-state index contributed by atoms with van der Waals surface area (Å²) >= 11 is -1.10. The average Bonchev–Trinajstić information content (AvgIpc) is 2.35. The van der Waals surface area contributed by atoms with E-state index < -0.39 is 19.7 Å². The number of nitrogens with one attached hydrogen (secondary N) is 1. The maximum Gasteiger partial charge on any atom is 0.188 e. The van der Waals surface area contributed by atoms with Gasteiger partial charge in [-0.05, 0) is 72.7 Å². The first-order chi connectivity index (χ1) is 10.0. The number of allylic oxidation sites excluding steroid dienone is 1. The summed E-state index contributed by atoms with van der Waals surface area (Å²) in [5, 5.41) is 0. The highest BCUT2D eigenvalue weighted by atomic mass is 32.2. The van der Waals surface area contributed by atoms with Crippen molar-refractivity contribution >= 4 is 19.7 Å². The second kappa shape index (κ2) is 8.19. The van der Waals surface area contributed by atoms with Crippen LogP contribution in [0, 0.1) is 0 Å². The van der Waals surface area contributed by atoms with E-state index in [1.54, 1.807) is 6.26 Å². The van der Waals surface area contributed by atoms with Crippen molar-refractivity contribution in [3.8, 4) is 0 Å². The molecule has 0 aromatic heterocycles. The van der Waals surface area contributed by atoms with Gasteiger partial charge in [-0.15, -0.1) is 4.72 Å². The van der Waals surface area contributed by atoms with Crippen molar-refractivity contribution in [3.05, 3.63) is 12.3 Å². The fourth-order valence-corrected chi connectivity index (χ4v) is 6.44. The average molecular weight is 348 g/mol. The van der Waals surface area contributed by atoms with E-state index in [9.17, 15) is 4.55 Å². The SMILES string of the molecule is CC(C)O[Si](C)(C)C[C@H](N[S@@+]([O-])C(C)(C)C)[C@@H]1CCC=CO1. The number of rotatable bonds is 7.